The highest BCUT2D eigenvalue weighted by molar-refractivity contribution is 6.18. The summed E-state index contributed by atoms with van der Waals surface area (Å²) < 4.78 is 5.60. The number of nitrogens with zero attached hydrogens (tertiary/aromatic N) is 3. The zero-order valence-corrected chi connectivity index (χ0v) is 29.1. The van der Waals surface area contributed by atoms with Crippen LogP contribution in [-0.4, -0.2) is 73.9 Å². The summed E-state index contributed by atoms with van der Waals surface area (Å²) in [4.78, 5) is 35.4. The maximum Gasteiger partial charge on any atom is 0.417 e. The lowest BCUT2D eigenvalue weighted by Crippen LogP contribution is -2.31. The van der Waals surface area contributed by atoms with Crippen LogP contribution in [0.15, 0.2) is 78.9 Å². The van der Waals surface area contributed by atoms with E-state index >= 15 is 0 Å². The number of alkyl halides is 2. The number of aryl methyl sites for hydroxylation is 2. The normalized spacial score (nSPS) is 11.1. The molecule has 48 heavy (non-hydrogen) atoms. The highest BCUT2D eigenvalue weighted by Crippen LogP contribution is 2.36. The van der Waals surface area contributed by atoms with Gasteiger partial charge in [-0.1, -0.05) is 36.4 Å². The molecule has 11 heteroatoms. The number of nitrogens with one attached hydrogen (secondary N) is 3. The van der Waals surface area contributed by atoms with Crippen LogP contribution in [0.1, 0.15) is 21.5 Å². The van der Waals surface area contributed by atoms with Gasteiger partial charge in [-0.2, -0.15) is 0 Å². The first-order chi connectivity index (χ1) is 23.2. The molecule has 0 unspecified atom stereocenters. The van der Waals surface area contributed by atoms with Gasteiger partial charge in [-0.15, -0.1) is 23.2 Å². The third kappa shape index (κ3) is 8.28. The Hall–Kier alpha value is -4.57. The molecule has 5 rings (SSSR count). The van der Waals surface area contributed by atoms with E-state index in [0.717, 1.165) is 51.0 Å². The number of para-hydroxylation sites is 2. The molecule has 0 fully saturated rings. The molecule has 0 aliphatic rings. The van der Waals surface area contributed by atoms with Gasteiger partial charge in [-0.25, -0.2) is 9.78 Å². The molecule has 0 saturated carbocycles. The van der Waals surface area contributed by atoms with Crippen molar-refractivity contribution < 1.29 is 14.3 Å². The van der Waals surface area contributed by atoms with E-state index in [9.17, 15) is 9.59 Å². The topological polar surface area (TPSA) is 98.8 Å². The standard InChI is InChI=1S/C37H40Cl2N6O3/c1-24-11-12-26(23-32(24)42-37(47)48-28-15-13-27(14-16-28)45(20-17-38)21-18-39)41-34-29-8-5-7-25(2)33(29)43-35-30(34)9-6-10-31(35)36(46)40-19-22-44(3)4/h5-16,23H,17-22H2,1-4H3,(H,40,46)(H,41,43)(H,42,47). The fourth-order valence-corrected chi connectivity index (χ4v) is 5.87. The Bertz CT molecular complexity index is 1910. The molecule has 0 aliphatic heterocycles. The number of benzene rings is 4. The van der Waals surface area contributed by atoms with Crippen LogP contribution in [0, 0.1) is 13.8 Å². The molecule has 9 nitrogen and oxygen atoms in total. The zero-order chi connectivity index (χ0) is 34.2. The summed E-state index contributed by atoms with van der Waals surface area (Å²) in [6, 6.07) is 24.6. The minimum Gasteiger partial charge on any atom is -0.410 e. The molecule has 0 bridgehead atoms. The molecule has 1 heterocycles. The van der Waals surface area contributed by atoms with Gasteiger partial charge in [-0.3, -0.25) is 10.1 Å². The number of hydrogen-bond acceptors (Lipinski definition) is 7. The van der Waals surface area contributed by atoms with Gasteiger partial charge in [0.1, 0.15) is 5.75 Å². The van der Waals surface area contributed by atoms with Gasteiger partial charge in [-0.05, 0) is 81.5 Å². The number of aromatic nitrogens is 1. The molecule has 250 valence electrons. The van der Waals surface area contributed by atoms with Crippen molar-refractivity contribution >= 4 is 79.8 Å². The monoisotopic (exact) mass is 686 g/mol. The molecular formula is C37H40Cl2N6O3. The number of anilines is 4. The third-order valence-corrected chi connectivity index (χ3v) is 8.33. The second kappa shape index (κ2) is 16.0. The van der Waals surface area contributed by atoms with E-state index in [1.54, 1.807) is 18.2 Å². The van der Waals surface area contributed by atoms with E-state index < -0.39 is 6.09 Å². The van der Waals surface area contributed by atoms with Gasteiger partial charge in [0.25, 0.3) is 5.91 Å². The summed E-state index contributed by atoms with van der Waals surface area (Å²) in [7, 11) is 3.93. The molecule has 3 N–H and O–H groups in total. The van der Waals surface area contributed by atoms with Crippen molar-refractivity contribution in [1.29, 1.82) is 0 Å². The lowest BCUT2D eigenvalue weighted by Gasteiger charge is -2.22. The van der Waals surface area contributed by atoms with E-state index in [0.29, 0.717) is 53.9 Å². The summed E-state index contributed by atoms with van der Waals surface area (Å²) in [5.41, 5.74) is 6.88. The number of rotatable bonds is 13. The quantitative estimate of drug-likeness (QED) is 0.0854. The predicted octanol–water partition coefficient (Wildman–Crippen LogP) is 7.93. The summed E-state index contributed by atoms with van der Waals surface area (Å²) in [5.74, 6) is 1.19. The van der Waals surface area contributed by atoms with E-state index in [1.807, 2.05) is 93.5 Å². The van der Waals surface area contributed by atoms with Crippen LogP contribution in [0.5, 0.6) is 5.75 Å². The molecule has 4 aromatic carbocycles. The second-order valence-corrected chi connectivity index (χ2v) is 12.5. The fraction of sp³-hybridized carbons (Fsp3) is 0.270. The number of halogens is 2. The van der Waals surface area contributed by atoms with Crippen LogP contribution in [-0.2, 0) is 0 Å². The summed E-state index contributed by atoms with van der Waals surface area (Å²) in [6.45, 7) is 6.50. The summed E-state index contributed by atoms with van der Waals surface area (Å²) in [6.07, 6.45) is -0.610. The van der Waals surface area contributed by atoms with Crippen molar-refractivity contribution in [3.63, 3.8) is 0 Å². The zero-order valence-electron chi connectivity index (χ0n) is 27.6. The maximum atomic E-state index is 13.3. The van der Waals surface area contributed by atoms with Gasteiger partial charge in [0.05, 0.1) is 22.3 Å². The Balaban J connectivity index is 1.41. The largest absolute Gasteiger partial charge is 0.417 e. The number of amides is 2. The van der Waals surface area contributed by atoms with E-state index in [4.69, 9.17) is 32.9 Å². The Kier molecular flexibility index (Phi) is 11.6. The van der Waals surface area contributed by atoms with Gasteiger partial charge < -0.3 is 25.2 Å². The average Bonchev–Trinajstić information content (AvgIpc) is 3.06. The average molecular weight is 688 g/mol. The summed E-state index contributed by atoms with van der Waals surface area (Å²) >= 11 is 11.9. The number of carbonyl (C=O) groups excluding carboxylic acids is 2. The Labute approximate surface area is 291 Å². The SMILES string of the molecule is Cc1ccc(Nc2c3cccc(C)c3nc3c(C(=O)NCCN(C)C)cccc23)cc1NC(=O)Oc1ccc(N(CCCl)CCCl)cc1. The first-order valence-electron chi connectivity index (χ1n) is 15.8. The Morgan fingerprint density at radius 3 is 2.19 bits per heavy atom. The van der Waals surface area contributed by atoms with Gasteiger partial charge in [0.2, 0.25) is 0 Å². The third-order valence-electron chi connectivity index (χ3n) is 7.99. The first-order valence-corrected chi connectivity index (χ1v) is 16.8. The molecule has 0 radical (unpaired) electrons. The molecule has 2 amide bonds. The van der Waals surface area contributed by atoms with Crippen molar-refractivity contribution in [2.75, 3.05) is 67.6 Å². The smallest absolute Gasteiger partial charge is 0.410 e. The molecule has 0 saturated heterocycles. The lowest BCUT2D eigenvalue weighted by atomic mass is 10.0. The van der Waals surface area contributed by atoms with Crippen molar-refractivity contribution in [3.8, 4) is 5.75 Å². The number of carbonyl (C=O) groups is 2. The van der Waals surface area contributed by atoms with E-state index in [-0.39, 0.29) is 5.91 Å². The van der Waals surface area contributed by atoms with Crippen LogP contribution in [0.3, 0.4) is 0 Å². The van der Waals surface area contributed by atoms with Crippen LogP contribution < -0.4 is 25.6 Å². The Morgan fingerprint density at radius 1 is 0.812 bits per heavy atom. The van der Waals surface area contributed by atoms with Crippen molar-refractivity contribution in [1.82, 2.24) is 15.2 Å². The minimum atomic E-state index is -0.610. The van der Waals surface area contributed by atoms with Crippen LogP contribution in [0.25, 0.3) is 21.8 Å². The number of hydrogen-bond donors (Lipinski definition) is 3. The predicted molar refractivity (Wildman–Crippen MR) is 199 cm³/mol. The van der Waals surface area contributed by atoms with Gasteiger partial charge in [0.15, 0.2) is 0 Å². The Morgan fingerprint density at radius 2 is 1.50 bits per heavy atom. The molecule has 0 aliphatic carbocycles. The van der Waals surface area contributed by atoms with Crippen LogP contribution in [0.4, 0.5) is 27.5 Å². The summed E-state index contributed by atoms with van der Waals surface area (Å²) in [5, 5.41) is 11.2. The number of likely N-dealkylation sites (N-methyl/N-ethyl adjacent to an activating group) is 1. The number of pyridine rings is 1. The fourth-order valence-electron chi connectivity index (χ4n) is 5.46. The van der Waals surface area contributed by atoms with Crippen LogP contribution in [0.2, 0.25) is 0 Å². The minimum absolute atomic E-state index is 0.174. The van der Waals surface area contributed by atoms with Gasteiger partial charge >= 0.3 is 6.09 Å². The molecular weight excluding hydrogens is 647 g/mol. The highest BCUT2D eigenvalue weighted by atomic mass is 35.5. The number of ether oxygens (including phenoxy) is 1. The number of fused-ring (bicyclic) bond motifs is 2. The van der Waals surface area contributed by atoms with E-state index in [1.165, 1.54) is 0 Å². The second-order valence-electron chi connectivity index (χ2n) is 11.7. The highest BCUT2D eigenvalue weighted by Gasteiger charge is 2.18. The molecule has 0 spiro atoms. The van der Waals surface area contributed by atoms with Crippen molar-refractivity contribution in [2.24, 2.45) is 0 Å². The molecule has 1 aromatic heterocycles. The van der Waals surface area contributed by atoms with Crippen molar-refractivity contribution in [3.05, 3.63) is 95.6 Å². The molecule has 5 aromatic rings. The van der Waals surface area contributed by atoms with Crippen molar-refractivity contribution in [2.45, 2.75) is 13.8 Å². The van der Waals surface area contributed by atoms with Crippen LogP contribution >= 0.6 is 23.2 Å². The van der Waals surface area contributed by atoms with E-state index in [2.05, 4.69) is 20.9 Å². The first kappa shape index (κ1) is 34.8. The lowest BCUT2D eigenvalue weighted by molar-refractivity contribution is 0.0952. The maximum absolute atomic E-state index is 13.3. The molecule has 0 atom stereocenters. The van der Waals surface area contributed by atoms with Gasteiger partial charge in [0, 0.05) is 65.8 Å².